The number of likely N-dealkylation sites (tertiary alicyclic amines) is 1. The molecule has 3 fully saturated rings. The molecule has 12 heteroatoms. The maximum atomic E-state index is 13.5. The van der Waals surface area contributed by atoms with Gasteiger partial charge in [0.05, 0.1) is 26.1 Å². The molecular formula is C25H35F3N2O6S. The lowest BCUT2D eigenvalue weighted by Crippen LogP contribution is -2.56. The van der Waals surface area contributed by atoms with Crippen LogP contribution < -0.4 is 4.74 Å². The zero-order valence-electron chi connectivity index (χ0n) is 21.2. The van der Waals surface area contributed by atoms with Crippen LogP contribution in [0, 0.1) is 11.3 Å². The number of amides is 1. The van der Waals surface area contributed by atoms with E-state index in [-0.39, 0.29) is 42.8 Å². The number of halogens is 3. The average Bonchev–Trinajstić information content (AvgIpc) is 3.64. The Bertz CT molecular complexity index is 1030. The van der Waals surface area contributed by atoms with Crippen LogP contribution in [0.25, 0.3) is 0 Å². The van der Waals surface area contributed by atoms with Crippen molar-refractivity contribution in [2.45, 2.75) is 63.5 Å². The fourth-order valence-corrected chi connectivity index (χ4v) is 6.86. The van der Waals surface area contributed by atoms with E-state index in [2.05, 4.69) is 0 Å². The average molecular weight is 549 g/mol. The molecule has 0 bridgehead atoms. The van der Waals surface area contributed by atoms with Crippen LogP contribution in [-0.4, -0.2) is 81.6 Å². The first-order chi connectivity index (χ1) is 17.4. The molecular weight excluding hydrogens is 513 g/mol. The highest BCUT2D eigenvalue weighted by molar-refractivity contribution is 7.89. The standard InChI is InChI=1S/C25H35F3N2O6S/c1-29(37(32,33)17-19-3-4-19)20-13-24(14-20)9-11-30(12-10-24)23(31)36-22(25(26,27)28)16-35-15-18-5-7-21(34-2)8-6-18/h5-8,19-20,22H,3-4,9-17H2,1-2H3. The first-order valence-electron chi connectivity index (χ1n) is 12.6. The van der Waals surface area contributed by atoms with Crippen molar-refractivity contribution in [1.82, 2.24) is 9.21 Å². The number of ether oxygens (including phenoxy) is 3. The van der Waals surface area contributed by atoms with Gasteiger partial charge in [-0.25, -0.2) is 17.5 Å². The van der Waals surface area contributed by atoms with Crippen molar-refractivity contribution >= 4 is 16.1 Å². The molecule has 1 aliphatic heterocycles. The van der Waals surface area contributed by atoms with Gasteiger partial charge in [-0.05, 0) is 67.6 Å². The van der Waals surface area contributed by atoms with Crippen molar-refractivity contribution in [3.05, 3.63) is 29.8 Å². The van der Waals surface area contributed by atoms with Crippen molar-refractivity contribution in [1.29, 1.82) is 0 Å². The molecule has 1 atom stereocenters. The highest BCUT2D eigenvalue weighted by atomic mass is 32.2. The number of piperidine rings is 1. The number of hydrogen-bond donors (Lipinski definition) is 0. The van der Waals surface area contributed by atoms with E-state index >= 15 is 0 Å². The Hall–Kier alpha value is -2.05. The summed E-state index contributed by atoms with van der Waals surface area (Å²) in [5, 5.41) is 0. The SMILES string of the molecule is COc1ccc(COCC(OC(=O)N2CCC3(CC2)CC(N(C)S(=O)(=O)CC2CC2)C3)C(F)(F)F)cc1. The Kier molecular flexibility index (Phi) is 8.30. The van der Waals surface area contributed by atoms with Crippen LogP contribution in [0.5, 0.6) is 5.75 Å². The molecule has 1 heterocycles. The summed E-state index contributed by atoms with van der Waals surface area (Å²) in [5.41, 5.74) is 0.592. The molecule has 2 aliphatic carbocycles. The molecule has 2 saturated carbocycles. The molecule has 37 heavy (non-hydrogen) atoms. The lowest BCUT2D eigenvalue weighted by molar-refractivity contribution is -0.220. The summed E-state index contributed by atoms with van der Waals surface area (Å²) < 4.78 is 82.2. The number of carbonyl (C=O) groups excluding carboxylic acids is 1. The largest absolute Gasteiger partial charge is 0.497 e. The second kappa shape index (κ2) is 11.0. The Morgan fingerprint density at radius 3 is 2.32 bits per heavy atom. The molecule has 0 aromatic heterocycles. The van der Waals surface area contributed by atoms with E-state index in [0.717, 1.165) is 12.8 Å². The van der Waals surface area contributed by atoms with Crippen molar-refractivity contribution in [3.63, 3.8) is 0 Å². The summed E-state index contributed by atoms with van der Waals surface area (Å²) >= 11 is 0. The lowest BCUT2D eigenvalue weighted by Gasteiger charge is -2.54. The Morgan fingerprint density at radius 1 is 1.16 bits per heavy atom. The topological polar surface area (TPSA) is 85.4 Å². The minimum absolute atomic E-state index is 0.0558. The number of alkyl halides is 3. The molecule has 1 aromatic carbocycles. The van der Waals surface area contributed by atoms with E-state index in [0.29, 0.717) is 37.0 Å². The maximum absolute atomic E-state index is 13.5. The third kappa shape index (κ3) is 7.08. The summed E-state index contributed by atoms with van der Waals surface area (Å²) in [6.07, 6.45) is -3.56. The molecule has 1 aromatic rings. The Morgan fingerprint density at radius 2 is 1.78 bits per heavy atom. The second-order valence-electron chi connectivity index (χ2n) is 10.6. The van der Waals surface area contributed by atoms with Crippen molar-refractivity contribution in [2.75, 3.05) is 39.6 Å². The van der Waals surface area contributed by atoms with Gasteiger partial charge in [-0.15, -0.1) is 0 Å². The molecule has 8 nitrogen and oxygen atoms in total. The molecule has 0 N–H and O–H groups in total. The number of carbonyl (C=O) groups is 1. The van der Waals surface area contributed by atoms with E-state index in [1.54, 1.807) is 31.3 Å². The number of sulfonamides is 1. The third-order valence-electron chi connectivity index (χ3n) is 7.82. The fourth-order valence-electron chi connectivity index (χ4n) is 5.09. The van der Waals surface area contributed by atoms with Crippen LogP contribution in [0.1, 0.15) is 44.1 Å². The predicted molar refractivity (Wildman–Crippen MR) is 130 cm³/mol. The second-order valence-corrected chi connectivity index (χ2v) is 12.6. The summed E-state index contributed by atoms with van der Waals surface area (Å²) in [6.45, 7) is -0.308. The summed E-state index contributed by atoms with van der Waals surface area (Å²) in [5.74, 6) is 1.11. The fraction of sp³-hybridized carbons (Fsp3) is 0.720. The Balaban J connectivity index is 1.22. The molecule has 1 unspecified atom stereocenters. The highest BCUT2D eigenvalue weighted by Gasteiger charge is 2.51. The highest BCUT2D eigenvalue weighted by Crippen LogP contribution is 2.51. The van der Waals surface area contributed by atoms with Gasteiger partial charge in [0, 0.05) is 26.2 Å². The molecule has 1 amide bonds. The van der Waals surface area contributed by atoms with Crippen LogP contribution in [0.15, 0.2) is 24.3 Å². The van der Waals surface area contributed by atoms with E-state index in [1.165, 1.54) is 16.3 Å². The van der Waals surface area contributed by atoms with Gasteiger partial charge in [-0.1, -0.05) is 12.1 Å². The molecule has 3 aliphatic rings. The normalized spacial score (nSPS) is 21.1. The van der Waals surface area contributed by atoms with E-state index in [1.807, 2.05) is 0 Å². The molecule has 208 valence electrons. The zero-order valence-corrected chi connectivity index (χ0v) is 22.0. The van der Waals surface area contributed by atoms with Gasteiger partial charge in [0.15, 0.2) is 0 Å². The minimum atomic E-state index is -4.76. The van der Waals surface area contributed by atoms with E-state index in [4.69, 9.17) is 14.2 Å². The number of hydrogen-bond acceptors (Lipinski definition) is 6. The van der Waals surface area contributed by atoms with Gasteiger partial charge in [-0.2, -0.15) is 13.2 Å². The first kappa shape index (κ1) is 28.0. The zero-order chi connectivity index (χ0) is 26.8. The number of rotatable bonds is 10. The van der Waals surface area contributed by atoms with Gasteiger partial charge in [0.25, 0.3) is 0 Å². The van der Waals surface area contributed by atoms with Crippen molar-refractivity contribution in [3.8, 4) is 5.75 Å². The number of nitrogens with zero attached hydrogens (tertiary/aromatic N) is 2. The number of benzene rings is 1. The van der Waals surface area contributed by atoms with Crippen LogP contribution in [0.4, 0.5) is 18.0 Å². The van der Waals surface area contributed by atoms with Crippen molar-refractivity contribution < 1.29 is 40.6 Å². The molecule has 4 rings (SSSR count). The molecule has 0 radical (unpaired) electrons. The lowest BCUT2D eigenvalue weighted by atomic mass is 9.60. The van der Waals surface area contributed by atoms with Gasteiger partial charge in [0.2, 0.25) is 16.1 Å². The molecule has 1 spiro atoms. The van der Waals surface area contributed by atoms with E-state index < -0.39 is 35.0 Å². The van der Waals surface area contributed by atoms with Crippen LogP contribution in [-0.2, 0) is 26.1 Å². The quantitative estimate of drug-likeness (QED) is 0.436. The minimum Gasteiger partial charge on any atom is -0.497 e. The van der Waals surface area contributed by atoms with Gasteiger partial charge in [-0.3, -0.25) is 0 Å². The van der Waals surface area contributed by atoms with Crippen molar-refractivity contribution in [2.24, 2.45) is 11.3 Å². The van der Waals surface area contributed by atoms with Crippen LogP contribution in [0.2, 0.25) is 0 Å². The van der Waals surface area contributed by atoms with Crippen LogP contribution in [0.3, 0.4) is 0 Å². The molecule has 1 saturated heterocycles. The monoisotopic (exact) mass is 548 g/mol. The maximum Gasteiger partial charge on any atom is 0.427 e. The van der Waals surface area contributed by atoms with E-state index in [9.17, 15) is 26.4 Å². The third-order valence-corrected chi connectivity index (χ3v) is 9.89. The summed E-state index contributed by atoms with van der Waals surface area (Å²) in [4.78, 5) is 13.8. The summed E-state index contributed by atoms with van der Waals surface area (Å²) in [6, 6.07) is 6.67. The predicted octanol–water partition coefficient (Wildman–Crippen LogP) is 4.20. The number of methoxy groups -OCH3 is 1. The Labute approximate surface area is 216 Å². The first-order valence-corrected chi connectivity index (χ1v) is 14.2. The van der Waals surface area contributed by atoms with Crippen LogP contribution >= 0.6 is 0 Å². The van der Waals surface area contributed by atoms with Gasteiger partial charge >= 0.3 is 12.3 Å². The summed E-state index contributed by atoms with van der Waals surface area (Å²) in [7, 11) is -0.119. The van der Waals surface area contributed by atoms with Gasteiger partial charge in [0.1, 0.15) is 5.75 Å². The smallest absolute Gasteiger partial charge is 0.427 e. The van der Waals surface area contributed by atoms with Gasteiger partial charge < -0.3 is 19.1 Å².